The zero-order valence-electron chi connectivity index (χ0n) is 13.3. The summed E-state index contributed by atoms with van der Waals surface area (Å²) in [6, 6.07) is 13.5. The van der Waals surface area contributed by atoms with Crippen LogP contribution < -0.4 is 10.1 Å². The Labute approximate surface area is 153 Å². The molecule has 0 fully saturated rings. The van der Waals surface area contributed by atoms with Crippen LogP contribution in [0.25, 0.3) is 22.6 Å². The van der Waals surface area contributed by atoms with Crippen molar-refractivity contribution in [2.24, 2.45) is 0 Å². The Balaban J connectivity index is 1.65. The molecule has 0 aliphatic carbocycles. The van der Waals surface area contributed by atoms with E-state index in [1.807, 2.05) is 42.5 Å². The maximum Gasteiger partial charge on any atom is 0.227 e. The molecule has 2 heterocycles. The second-order valence-electron chi connectivity index (χ2n) is 5.33. The first-order valence-corrected chi connectivity index (χ1v) is 8.80. The summed E-state index contributed by atoms with van der Waals surface area (Å²) in [5, 5.41) is 3.36. The van der Waals surface area contributed by atoms with E-state index < -0.39 is 0 Å². The number of thiazole rings is 1. The van der Waals surface area contributed by atoms with Crippen molar-refractivity contribution in [3.05, 3.63) is 58.0 Å². The minimum absolute atomic E-state index is 0.531. The van der Waals surface area contributed by atoms with E-state index in [-0.39, 0.29) is 0 Å². The number of fused-ring (bicyclic) bond motifs is 1. The van der Waals surface area contributed by atoms with Gasteiger partial charge in [0.1, 0.15) is 11.3 Å². The lowest BCUT2D eigenvalue weighted by atomic mass is 10.2. The van der Waals surface area contributed by atoms with Crippen LogP contribution in [0.1, 0.15) is 4.88 Å². The molecule has 0 saturated heterocycles. The van der Waals surface area contributed by atoms with Crippen LogP contribution in [0.15, 0.2) is 53.1 Å². The van der Waals surface area contributed by atoms with Crippen LogP contribution in [-0.2, 0) is 6.54 Å². The Hall–Kier alpha value is -2.57. The van der Waals surface area contributed by atoms with E-state index in [0.29, 0.717) is 16.9 Å². The number of para-hydroxylation sites is 2. The highest BCUT2D eigenvalue weighted by Crippen LogP contribution is 2.32. The van der Waals surface area contributed by atoms with Gasteiger partial charge in [0, 0.05) is 16.6 Å². The summed E-state index contributed by atoms with van der Waals surface area (Å²) in [5.41, 5.74) is 3.33. The van der Waals surface area contributed by atoms with Crippen molar-refractivity contribution < 1.29 is 9.15 Å². The van der Waals surface area contributed by atoms with E-state index in [1.165, 1.54) is 11.3 Å². The fraction of sp³-hybridized carbons (Fsp3) is 0.111. The van der Waals surface area contributed by atoms with Crippen molar-refractivity contribution in [1.82, 2.24) is 9.97 Å². The molecule has 0 radical (unpaired) electrons. The molecular formula is C18H14ClN3O2S. The second kappa shape index (κ2) is 6.74. The van der Waals surface area contributed by atoms with Crippen LogP contribution in [0.4, 0.5) is 5.69 Å². The standard InChI is InChI=1S/C18H14ClN3O2S/c1-23-15-7-6-11(17-22-13-4-2-3-5-16(13)24-17)8-14(15)20-9-12-10-21-18(19)25-12/h2-8,10,20H,9H2,1H3. The predicted molar refractivity (Wildman–Crippen MR) is 100 cm³/mol. The number of aromatic nitrogens is 2. The Bertz CT molecular complexity index is 995. The minimum atomic E-state index is 0.531. The topological polar surface area (TPSA) is 60.2 Å². The fourth-order valence-corrected chi connectivity index (χ4v) is 3.44. The fourth-order valence-electron chi connectivity index (χ4n) is 2.52. The average Bonchev–Trinajstić information content (AvgIpc) is 3.25. The minimum Gasteiger partial charge on any atom is -0.495 e. The van der Waals surface area contributed by atoms with Crippen LogP contribution in [0.3, 0.4) is 0 Å². The first-order chi connectivity index (χ1) is 12.2. The van der Waals surface area contributed by atoms with Crippen LogP contribution in [-0.4, -0.2) is 17.1 Å². The zero-order valence-corrected chi connectivity index (χ0v) is 14.9. The van der Waals surface area contributed by atoms with Gasteiger partial charge in [0.15, 0.2) is 10.0 Å². The number of benzene rings is 2. The maximum atomic E-state index is 5.88. The summed E-state index contributed by atoms with van der Waals surface area (Å²) in [5.74, 6) is 1.32. The van der Waals surface area contributed by atoms with Crippen LogP contribution in [0.5, 0.6) is 5.75 Å². The molecule has 0 atom stereocenters. The van der Waals surface area contributed by atoms with Gasteiger partial charge in [0.2, 0.25) is 5.89 Å². The molecule has 0 unspecified atom stereocenters. The van der Waals surface area contributed by atoms with Gasteiger partial charge in [-0.1, -0.05) is 23.7 Å². The van der Waals surface area contributed by atoms with E-state index >= 15 is 0 Å². The monoisotopic (exact) mass is 371 g/mol. The third kappa shape index (κ3) is 3.31. The van der Waals surface area contributed by atoms with Gasteiger partial charge in [-0.2, -0.15) is 0 Å². The van der Waals surface area contributed by atoms with Crippen molar-refractivity contribution >= 4 is 39.7 Å². The Kier molecular flexibility index (Phi) is 4.29. The lowest BCUT2D eigenvalue weighted by Gasteiger charge is -2.11. The molecule has 2 aromatic carbocycles. The number of hydrogen-bond acceptors (Lipinski definition) is 6. The largest absolute Gasteiger partial charge is 0.495 e. The first-order valence-electron chi connectivity index (χ1n) is 7.61. The van der Waals surface area contributed by atoms with Crippen molar-refractivity contribution in [3.8, 4) is 17.2 Å². The van der Waals surface area contributed by atoms with E-state index in [0.717, 1.165) is 33.0 Å². The summed E-state index contributed by atoms with van der Waals surface area (Å²) in [7, 11) is 1.64. The van der Waals surface area contributed by atoms with E-state index in [1.54, 1.807) is 13.3 Å². The smallest absolute Gasteiger partial charge is 0.227 e. The number of oxazole rings is 1. The molecule has 1 N–H and O–H groups in total. The summed E-state index contributed by atoms with van der Waals surface area (Å²) < 4.78 is 11.8. The van der Waals surface area contributed by atoms with Crippen molar-refractivity contribution in [2.45, 2.75) is 6.54 Å². The number of nitrogens with one attached hydrogen (secondary N) is 1. The molecule has 5 nitrogen and oxygen atoms in total. The van der Waals surface area contributed by atoms with E-state index in [9.17, 15) is 0 Å². The predicted octanol–water partition coefficient (Wildman–Crippen LogP) is 5.23. The van der Waals surface area contributed by atoms with Gasteiger partial charge in [-0.25, -0.2) is 9.97 Å². The highest BCUT2D eigenvalue weighted by molar-refractivity contribution is 7.15. The Morgan fingerprint density at radius 1 is 1.24 bits per heavy atom. The Morgan fingerprint density at radius 2 is 2.12 bits per heavy atom. The number of ether oxygens (including phenoxy) is 1. The average molecular weight is 372 g/mol. The number of halogens is 1. The molecule has 0 aliphatic rings. The Morgan fingerprint density at radius 3 is 2.88 bits per heavy atom. The second-order valence-corrected chi connectivity index (χ2v) is 7.03. The van der Waals surface area contributed by atoms with Crippen molar-refractivity contribution in [2.75, 3.05) is 12.4 Å². The molecule has 4 rings (SSSR count). The molecule has 7 heteroatoms. The number of methoxy groups -OCH3 is 1. The molecule has 25 heavy (non-hydrogen) atoms. The van der Waals surface area contributed by atoms with Gasteiger partial charge in [-0.15, -0.1) is 11.3 Å². The third-order valence-electron chi connectivity index (χ3n) is 3.72. The molecule has 4 aromatic rings. The SMILES string of the molecule is COc1ccc(-c2nc3ccccc3o2)cc1NCc1cnc(Cl)s1. The number of nitrogens with zero attached hydrogens (tertiary/aromatic N) is 2. The molecule has 0 saturated carbocycles. The maximum absolute atomic E-state index is 5.88. The lowest BCUT2D eigenvalue weighted by Crippen LogP contribution is -2.00. The third-order valence-corrected chi connectivity index (χ3v) is 4.83. The van der Waals surface area contributed by atoms with Crippen molar-refractivity contribution in [3.63, 3.8) is 0 Å². The molecule has 126 valence electrons. The first kappa shape index (κ1) is 15.9. The lowest BCUT2D eigenvalue weighted by molar-refractivity contribution is 0.416. The number of anilines is 1. The van der Waals surface area contributed by atoms with Gasteiger partial charge in [-0.3, -0.25) is 0 Å². The molecule has 0 bridgehead atoms. The van der Waals surface area contributed by atoms with Crippen LogP contribution in [0, 0.1) is 0 Å². The zero-order chi connectivity index (χ0) is 17.2. The van der Waals surface area contributed by atoms with Crippen molar-refractivity contribution in [1.29, 1.82) is 0 Å². The number of hydrogen-bond donors (Lipinski definition) is 1. The van der Waals surface area contributed by atoms with Crippen LogP contribution in [0.2, 0.25) is 4.47 Å². The summed E-state index contributed by atoms with van der Waals surface area (Å²) in [4.78, 5) is 9.63. The molecule has 2 aromatic heterocycles. The molecule has 0 amide bonds. The summed E-state index contributed by atoms with van der Waals surface area (Å²) >= 11 is 7.32. The van der Waals surface area contributed by atoms with E-state index in [4.69, 9.17) is 20.8 Å². The van der Waals surface area contributed by atoms with Gasteiger partial charge in [0.05, 0.1) is 19.3 Å². The summed E-state index contributed by atoms with van der Waals surface area (Å²) in [6.45, 7) is 0.609. The van der Waals surface area contributed by atoms with Gasteiger partial charge in [0.25, 0.3) is 0 Å². The molecular weight excluding hydrogens is 358 g/mol. The van der Waals surface area contributed by atoms with Gasteiger partial charge in [-0.05, 0) is 30.3 Å². The van der Waals surface area contributed by atoms with Gasteiger partial charge < -0.3 is 14.5 Å². The highest BCUT2D eigenvalue weighted by Gasteiger charge is 2.11. The van der Waals surface area contributed by atoms with E-state index in [2.05, 4.69) is 15.3 Å². The van der Waals surface area contributed by atoms with Gasteiger partial charge >= 0.3 is 0 Å². The quantitative estimate of drug-likeness (QED) is 0.520. The normalized spacial score (nSPS) is 11.0. The molecule has 0 spiro atoms. The number of rotatable bonds is 5. The highest BCUT2D eigenvalue weighted by atomic mass is 35.5. The summed E-state index contributed by atoms with van der Waals surface area (Å²) in [6.07, 6.45) is 1.76. The molecule has 0 aliphatic heterocycles. The van der Waals surface area contributed by atoms with Crippen LogP contribution >= 0.6 is 22.9 Å².